The smallest absolute Gasteiger partial charge is 0.233 e. The molecule has 1 aliphatic carbocycles. The minimum Gasteiger partial charge on any atom is -0.473 e. The summed E-state index contributed by atoms with van der Waals surface area (Å²) in [7, 11) is 1.73. The molecule has 0 unspecified atom stereocenters. The summed E-state index contributed by atoms with van der Waals surface area (Å²) in [5, 5.41) is 4.02. The van der Waals surface area contributed by atoms with Gasteiger partial charge >= 0.3 is 0 Å². The van der Waals surface area contributed by atoms with Crippen LogP contribution in [0.25, 0.3) is 0 Å². The van der Waals surface area contributed by atoms with Crippen molar-refractivity contribution in [3.63, 3.8) is 0 Å². The Balaban J connectivity index is 2.15. The average molecular weight is 166 g/mol. The van der Waals surface area contributed by atoms with Crippen molar-refractivity contribution in [2.75, 3.05) is 0 Å². The van der Waals surface area contributed by atoms with E-state index in [1.165, 1.54) is 4.68 Å². The number of nitrogens with zero attached hydrogens (tertiary/aromatic N) is 2. The fraction of sp³-hybridized carbons (Fsp3) is 0.500. The predicted octanol–water partition coefficient (Wildman–Crippen LogP) is 0.774. The van der Waals surface area contributed by atoms with Crippen molar-refractivity contribution in [2.24, 2.45) is 7.05 Å². The van der Waals surface area contributed by atoms with Crippen molar-refractivity contribution in [1.82, 2.24) is 9.78 Å². The third-order valence-corrected chi connectivity index (χ3v) is 1.83. The third-order valence-electron chi connectivity index (χ3n) is 1.83. The largest absolute Gasteiger partial charge is 0.473 e. The van der Waals surface area contributed by atoms with E-state index in [-0.39, 0.29) is 0 Å². The Bertz CT molecular complexity index is 302. The van der Waals surface area contributed by atoms with Crippen LogP contribution in [0.2, 0.25) is 0 Å². The number of hydrogen-bond acceptors (Lipinski definition) is 3. The molecule has 1 heterocycles. The Morgan fingerprint density at radius 1 is 1.75 bits per heavy atom. The molecule has 64 valence electrons. The number of rotatable bonds is 3. The Morgan fingerprint density at radius 3 is 3.00 bits per heavy atom. The molecule has 1 aromatic heterocycles. The topological polar surface area (TPSA) is 44.1 Å². The minimum atomic E-state index is 0.333. The van der Waals surface area contributed by atoms with Crippen LogP contribution in [0.3, 0.4) is 0 Å². The van der Waals surface area contributed by atoms with Crippen molar-refractivity contribution >= 4 is 6.29 Å². The fourth-order valence-corrected chi connectivity index (χ4v) is 0.979. The molecule has 0 saturated heterocycles. The zero-order valence-corrected chi connectivity index (χ0v) is 6.86. The highest BCUT2D eigenvalue weighted by Gasteiger charge is 2.24. The third kappa shape index (κ3) is 1.32. The zero-order valence-electron chi connectivity index (χ0n) is 6.86. The van der Waals surface area contributed by atoms with Gasteiger partial charge in [0.05, 0.1) is 0 Å². The molecular weight excluding hydrogens is 156 g/mol. The summed E-state index contributed by atoms with van der Waals surface area (Å²) in [4.78, 5) is 10.4. The minimum absolute atomic E-state index is 0.333. The van der Waals surface area contributed by atoms with Gasteiger partial charge in [-0.3, -0.25) is 9.48 Å². The van der Waals surface area contributed by atoms with Crippen LogP contribution in [-0.2, 0) is 7.05 Å². The second-order valence-electron chi connectivity index (χ2n) is 2.97. The first-order valence-electron chi connectivity index (χ1n) is 3.95. The fourth-order valence-electron chi connectivity index (χ4n) is 0.979. The average Bonchev–Trinajstić information content (AvgIpc) is 2.76. The molecule has 0 N–H and O–H groups in total. The number of carbonyl (C=O) groups excluding carboxylic acids is 1. The molecule has 1 aromatic rings. The Kier molecular flexibility index (Phi) is 1.60. The van der Waals surface area contributed by atoms with Gasteiger partial charge in [0, 0.05) is 13.1 Å². The van der Waals surface area contributed by atoms with Gasteiger partial charge in [0.1, 0.15) is 11.8 Å². The van der Waals surface area contributed by atoms with Gasteiger partial charge in [0.2, 0.25) is 5.88 Å². The van der Waals surface area contributed by atoms with Crippen molar-refractivity contribution in [1.29, 1.82) is 0 Å². The lowest BCUT2D eigenvalue weighted by atomic mass is 10.5. The van der Waals surface area contributed by atoms with Crippen molar-refractivity contribution < 1.29 is 9.53 Å². The van der Waals surface area contributed by atoms with E-state index in [2.05, 4.69) is 5.10 Å². The molecule has 1 fully saturated rings. The molecule has 0 bridgehead atoms. The maximum Gasteiger partial charge on any atom is 0.233 e. The normalized spacial score (nSPS) is 16.1. The van der Waals surface area contributed by atoms with Crippen molar-refractivity contribution in [3.8, 4) is 5.88 Å². The van der Waals surface area contributed by atoms with Gasteiger partial charge in [-0.2, -0.15) is 0 Å². The van der Waals surface area contributed by atoms with E-state index in [0.717, 1.165) is 19.1 Å². The molecule has 2 rings (SSSR count). The summed E-state index contributed by atoms with van der Waals surface area (Å²) in [6.45, 7) is 0. The van der Waals surface area contributed by atoms with Crippen LogP contribution >= 0.6 is 0 Å². The maximum absolute atomic E-state index is 10.4. The number of carbonyl (C=O) groups is 1. The first-order chi connectivity index (χ1) is 5.79. The Labute approximate surface area is 70.1 Å². The molecular formula is C8H10N2O2. The van der Waals surface area contributed by atoms with Gasteiger partial charge in [-0.25, -0.2) is 0 Å². The van der Waals surface area contributed by atoms with Gasteiger partial charge in [0.15, 0.2) is 6.29 Å². The number of aromatic nitrogens is 2. The maximum atomic E-state index is 10.4. The number of aryl methyl sites for hydroxylation is 1. The van der Waals surface area contributed by atoms with Crippen LogP contribution in [0.4, 0.5) is 0 Å². The van der Waals surface area contributed by atoms with Crippen LogP contribution in [0.15, 0.2) is 6.07 Å². The van der Waals surface area contributed by atoms with Gasteiger partial charge in [-0.1, -0.05) is 0 Å². The van der Waals surface area contributed by atoms with E-state index < -0.39 is 0 Å². The lowest BCUT2D eigenvalue weighted by Gasteiger charge is -1.95. The van der Waals surface area contributed by atoms with Gasteiger partial charge in [0.25, 0.3) is 0 Å². The lowest BCUT2D eigenvalue weighted by Crippen LogP contribution is -1.98. The SMILES string of the molecule is Cn1nc(OC2CC2)cc1C=O. The molecule has 0 atom stereocenters. The Hall–Kier alpha value is -1.32. The number of hydrogen-bond donors (Lipinski definition) is 0. The molecule has 1 saturated carbocycles. The summed E-state index contributed by atoms with van der Waals surface area (Å²) in [5.74, 6) is 0.558. The molecule has 0 amide bonds. The molecule has 0 spiro atoms. The number of ether oxygens (including phenoxy) is 1. The summed E-state index contributed by atoms with van der Waals surface area (Å²) in [5.41, 5.74) is 0.547. The molecule has 4 heteroatoms. The van der Waals surface area contributed by atoms with Crippen LogP contribution in [-0.4, -0.2) is 22.2 Å². The van der Waals surface area contributed by atoms with E-state index in [0.29, 0.717) is 17.7 Å². The van der Waals surface area contributed by atoms with E-state index in [4.69, 9.17) is 4.74 Å². The summed E-state index contributed by atoms with van der Waals surface area (Å²) >= 11 is 0. The summed E-state index contributed by atoms with van der Waals surface area (Å²) in [6.07, 6.45) is 3.31. The second-order valence-corrected chi connectivity index (χ2v) is 2.97. The van der Waals surface area contributed by atoms with E-state index in [1.807, 2.05) is 0 Å². The molecule has 0 aliphatic heterocycles. The van der Waals surface area contributed by atoms with Crippen LogP contribution < -0.4 is 4.74 Å². The molecule has 0 radical (unpaired) electrons. The van der Waals surface area contributed by atoms with E-state index in [9.17, 15) is 4.79 Å². The quantitative estimate of drug-likeness (QED) is 0.623. The summed E-state index contributed by atoms with van der Waals surface area (Å²) < 4.78 is 6.92. The Morgan fingerprint density at radius 2 is 2.50 bits per heavy atom. The first kappa shape index (κ1) is 7.34. The molecule has 1 aliphatic rings. The number of aldehydes is 1. The zero-order chi connectivity index (χ0) is 8.55. The highest BCUT2D eigenvalue weighted by atomic mass is 16.5. The monoisotopic (exact) mass is 166 g/mol. The predicted molar refractivity (Wildman–Crippen MR) is 42.2 cm³/mol. The first-order valence-corrected chi connectivity index (χ1v) is 3.95. The van der Waals surface area contributed by atoms with Crippen molar-refractivity contribution in [3.05, 3.63) is 11.8 Å². The van der Waals surface area contributed by atoms with Crippen LogP contribution in [0.1, 0.15) is 23.3 Å². The summed E-state index contributed by atoms with van der Waals surface area (Å²) in [6, 6.07) is 1.66. The van der Waals surface area contributed by atoms with Gasteiger partial charge in [-0.05, 0) is 12.8 Å². The van der Waals surface area contributed by atoms with E-state index in [1.54, 1.807) is 13.1 Å². The lowest BCUT2D eigenvalue weighted by molar-refractivity contribution is 0.111. The van der Waals surface area contributed by atoms with Crippen LogP contribution in [0, 0.1) is 0 Å². The highest BCUT2D eigenvalue weighted by molar-refractivity contribution is 5.72. The second kappa shape index (κ2) is 2.62. The standard InChI is InChI=1S/C8H10N2O2/c1-10-6(5-11)4-8(9-10)12-7-2-3-7/h4-5,7H,2-3H2,1H3. The highest BCUT2D eigenvalue weighted by Crippen LogP contribution is 2.25. The van der Waals surface area contributed by atoms with Gasteiger partial charge in [-0.15, -0.1) is 5.10 Å². The van der Waals surface area contributed by atoms with Crippen molar-refractivity contribution in [2.45, 2.75) is 18.9 Å². The van der Waals surface area contributed by atoms with E-state index >= 15 is 0 Å². The van der Waals surface area contributed by atoms with Crippen LogP contribution in [0.5, 0.6) is 5.88 Å². The molecule has 0 aromatic carbocycles. The molecule has 4 nitrogen and oxygen atoms in total. The molecule has 12 heavy (non-hydrogen) atoms. The van der Waals surface area contributed by atoms with Gasteiger partial charge < -0.3 is 4.74 Å².